The molecule has 2 rings (SSSR count). The molecule has 1 N–H and O–H groups in total. The Kier molecular flexibility index (Phi) is 4.59. The van der Waals surface area contributed by atoms with Crippen LogP contribution in [0, 0.1) is 0 Å². The Bertz CT molecular complexity index is 511. The van der Waals surface area contributed by atoms with Gasteiger partial charge in [0.25, 0.3) is 0 Å². The van der Waals surface area contributed by atoms with E-state index in [0.29, 0.717) is 0 Å². The highest BCUT2D eigenvalue weighted by molar-refractivity contribution is 5.83. The Morgan fingerprint density at radius 2 is 2.17 bits per heavy atom. The molecule has 18 heavy (non-hydrogen) atoms. The van der Waals surface area contributed by atoms with E-state index >= 15 is 0 Å². The van der Waals surface area contributed by atoms with Gasteiger partial charge in [0, 0.05) is 23.6 Å². The third kappa shape index (κ3) is 2.82. The molecule has 0 spiro atoms. The summed E-state index contributed by atoms with van der Waals surface area (Å²) in [7, 11) is 2.01. The maximum Gasteiger partial charge on any atom is 0.0483 e. The number of para-hydroxylation sites is 1. The highest BCUT2D eigenvalue weighted by atomic mass is 15.0. The van der Waals surface area contributed by atoms with Gasteiger partial charge >= 0.3 is 0 Å². The predicted molar refractivity (Wildman–Crippen MR) is 79.0 cm³/mol. The summed E-state index contributed by atoms with van der Waals surface area (Å²) < 4.78 is 2.35. The molecule has 0 aliphatic heterocycles. The van der Waals surface area contributed by atoms with Crippen molar-refractivity contribution in [1.82, 2.24) is 9.88 Å². The van der Waals surface area contributed by atoms with Crippen molar-refractivity contribution in [2.24, 2.45) is 0 Å². The first kappa shape index (κ1) is 12.9. The Morgan fingerprint density at radius 3 is 2.94 bits per heavy atom. The van der Waals surface area contributed by atoms with Crippen LogP contribution in [0.4, 0.5) is 0 Å². The van der Waals surface area contributed by atoms with E-state index in [1.54, 1.807) is 0 Å². The van der Waals surface area contributed by atoms with Crippen LogP contribution in [0.1, 0.15) is 18.4 Å². The lowest BCUT2D eigenvalue weighted by Gasteiger charge is -2.01. The minimum atomic E-state index is 1.02. The molecular formula is C16H22N2. The Balaban J connectivity index is 2.25. The molecule has 96 valence electrons. The highest BCUT2D eigenvalue weighted by Gasteiger charge is 2.06. The SMILES string of the molecule is C=CCCn1cc(CCCNC)c2ccccc21. The number of fused-ring (bicyclic) bond motifs is 1. The van der Waals surface area contributed by atoms with Gasteiger partial charge in [0.2, 0.25) is 0 Å². The van der Waals surface area contributed by atoms with Gasteiger partial charge in [-0.1, -0.05) is 24.3 Å². The average Bonchev–Trinajstić information content (AvgIpc) is 2.76. The molecule has 0 unspecified atom stereocenters. The molecule has 1 aromatic carbocycles. The molecule has 0 fully saturated rings. The number of allylic oxidation sites excluding steroid dienone is 1. The van der Waals surface area contributed by atoms with Crippen LogP contribution >= 0.6 is 0 Å². The van der Waals surface area contributed by atoms with Crippen molar-refractivity contribution in [3.63, 3.8) is 0 Å². The minimum Gasteiger partial charge on any atom is -0.347 e. The molecule has 0 atom stereocenters. The molecule has 0 saturated heterocycles. The third-order valence-corrected chi connectivity index (χ3v) is 3.32. The van der Waals surface area contributed by atoms with Gasteiger partial charge in [0.1, 0.15) is 0 Å². The van der Waals surface area contributed by atoms with Crippen molar-refractivity contribution in [1.29, 1.82) is 0 Å². The Labute approximate surface area is 109 Å². The summed E-state index contributed by atoms with van der Waals surface area (Å²) in [6, 6.07) is 8.68. The smallest absolute Gasteiger partial charge is 0.0483 e. The van der Waals surface area contributed by atoms with Crippen molar-refractivity contribution >= 4 is 10.9 Å². The minimum absolute atomic E-state index is 1.02. The molecule has 0 radical (unpaired) electrons. The van der Waals surface area contributed by atoms with Gasteiger partial charge in [-0.25, -0.2) is 0 Å². The zero-order valence-electron chi connectivity index (χ0n) is 11.2. The summed E-state index contributed by atoms with van der Waals surface area (Å²) in [5.41, 5.74) is 2.81. The van der Waals surface area contributed by atoms with Gasteiger partial charge in [-0.3, -0.25) is 0 Å². The van der Waals surface area contributed by atoms with Gasteiger partial charge in [-0.05, 0) is 44.5 Å². The second-order valence-corrected chi connectivity index (χ2v) is 4.65. The zero-order chi connectivity index (χ0) is 12.8. The van der Waals surface area contributed by atoms with E-state index in [9.17, 15) is 0 Å². The fraction of sp³-hybridized carbons (Fsp3) is 0.375. The number of rotatable bonds is 7. The van der Waals surface area contributed by atoms with Crippen molar-refractivity contribution < 1.29 is 0 Å². The van der Waals surface area contributed by atoms with E-state index in [0.717, 1.165) is 25.9 Å². The lowest BCUT2D eigenvalue weighted by atomic mass is 10.1. The summed E-state index contributed by atoms with van der Waals surface area (Å²) in [4.78, 5) is 0. The van der Waals surface area contributed by atoms with Crippen LogP contribution < -0.4 is 5.32 Å². The number of benzene rings is 1. The third-order valence-electron chi connectivity index (χ3n) is 3.32. The number of nitrogens with one attached hydrogen (secondary N) is 1. The topological polar surface area (TPSA) is 17.0 Å². The van der Waals surface area contributed by atoms with Crippen molar-refractivity contribution in [3.8, 4) is 0 Å². The maximum atomic E-state index is 3.80. The van der Waals surface area contributed by atoms with Crippen molar-refractivity contribution in [2.45, 2.75) is 25.8 Å². The molecule has 1 aromatic heterocycles. The first-order valence-electron chi connectivity index (χ1n) is 6.69. The zero-order valence-corrected chi connectivity index (χ0v) is 11.2. The van der Waals surface area contributed by atoms with E-state index in [-0.39, 0.29) is 0 Å². The summed E-state index contributed by atoms with van der Waals surface area (Å²) in [6.07, 6.45) is 7.64. The van der Waals surface area contributed by atoms with Gasteiger partial charge in [-0.15, -0.1) is 6.58 Å². The van der Waals surface area contributed by atoms with Gasteiger partial charge in [0.05, 0.1) is 0 Å². The number of hydrogen-bond acceptors (Lipinski definition) is 1. The summed E-state index contributed by atoms with van der Waals surface area (Å²) in [6.45, 7) is 5.90. The number of nitrogens with zero attached hydrogens (tertiary/aromatic N) is 1. The molecule has 0 amide bonds. The lowest BCUT2D eigenvalue weighted by Crippen LogP contribution is -2.08. The van der Waals surface area contributed by atoms with E-state index in [2.05, 4.69) is 46.9 Å². The quantitative estimate of drug-likeness (QED) is 0.582. The van der Waals surface area contributed by atoms with Crippen molar-refractivity contribution in [3.05, 3.63) is 48.7 Å². The molecule has 2 heteroatoms. The van der Waals surface area contributed by atoms with Gasteiger partial charge in [-0.2, -0.15) is 0 Å². The van der Waals surface area contributed by atoms with Crippen LogP contribution in [0.15, 0.2) is 43.1 Å². The number of aromatic nitrogens is 1. The van der Waals surface area contributed by atoms with E-state index < -0.39 is 0 Å². The predicted octanol–water partition coefficient (Wildman–Crippen LogP) is 3.37. The fourth-order valence-electron chi connectivity index (χ4n) is 2.39. The maximum absolute atomic E-state index is 3.80. The average molecular weight is 242 g/mol. The Morgan fingerprint density at radius 1 is 1.33 bits per heavy atom. The largest absolute Gasteiger partial charge is 0.347 e. The van der Waals surface area contributed by atoms with E-state index in [1.165, 1.54) is 22.9 Å². The second-order valence-electron chi connectivity index (χ2n) is 4.65. The molecule has 1 heterocycles. The molecule has 2 nitrogen and oxygen atoms in total. The Hall–Kier alpha value is -1.54. The number of hydrogen-bond donors (Lipinski definition) is 1. The normalized spacial score (nSPS) is 10.9. The summed E-state index contributed by atoms with van der Waals surface area (Å²) >= 11 is 0. The highest BCUT2D eigenvalue weighted by Crippen LogP contribution is 2.22. The van der Waals surface area contributed by atoms with Crippen LogP contribution in [0.5, 0.6) is 0 Å². The summed E-state index contributed by atoms with van der Waals surface area (Å²) in [5.74, 6) is 0. The van der Waals surface area contributed by atoms with Gasteiger partial charge in [0.15, 0.2) is 0 Å². The molecule has 0 aliphatic rings. The molecule has 2 aromatic rings. The standard InChI is InChI=1S/C16H22N2/c1-3-4-12-18-13-14(8-7-11-17-2)15-9-5-6-10-16(15)18/h3,5-6,9-10,13,17H,1,4,7-8,11-12H2,2H3. The van der Waals surface area contributed by atoms with Crippen LogP contribution in [0.25, 0.3) is 10.9 Å². The van der Waals surface area contributed by atoms with Crippen molar-refractivity contribution in [2.75, 3.05) is 13.6 Å². The monoisotopic (exact) mass is 242 g/mol. The first-order valence-corrected chi connectivity index (χ1v) is 6.69. The molecule has 0 aliphatic carbocycles. The van der Waals surface area contributed by atoms with Crippen LogP contribution in [0.3, 0.4) is 0 Å². The van der Waals surface area contributed by atoms with Gasteiger partial charge < -0.3 is 9.88 Å². The lowest BCUT2D eigenvalue weighted by molar-refractivity contribution is 0.712. The van der Waals surface area contributed by atoms with Crippen LogP contribution in [0.2, 0.25) is 0 Å². The number of aryl methyl sites for hydroxylation is 2. The van der Waals surface area contributed by atoms with Crippen LogP contribution in [-0.4, -0.2) is 18.2 Å². The van der Waals surface area contributed by atoms with E-state index in [1.807, 2.05) is 13.1 Å². The molecule has 0 saturated carbocycles. The summed E-state index contributed by atoms with van der Waals surface area (Å²) in [5, 5.41) is 4.61. The fourth-order valence-corrected chi connectivity index (χ4v) is 2.39. The first-order chi connectivity index (χ1) is 8.86. The second kappa shape index (κ2) is 6.41. The molecular weight excluding hydrogens is 220 g/mol. The van der Waals surface area contributed by atoms with Crippen LogP contribution in [-0.2, 0) is 13.0 Å². The molecule has 0 bridgehead atoms. The van der Waals surface area contributed by atoms with E-state index in [4.69, 9.17) is 0 Å².